The number of fused-ring (bicyclic) bond motifs is 1. The van der Waals surface area contributed by atoms with Crippen LogP contribution < -0.4 is 5.32 Å². The van der Waals surface area contributed by atoms with Gasteiger partial charge in [-0.15, -0.1) is 10.2 Å². The number of ether oxygens (including phenoxy) is 1. The van der Waals surface area contributed by atoms with Gasteiger partial charge in [0.15, 0.2) is 5.65 Å². The summed E-state index contributed by atoms with van der Waals surface area (Å²) < 4.78 is 45.3. The van der Waals surface area contributed by atoms with Gasteiger partial charge in [-0.3, -0.25) is 4.40 Å². The molecule has 0 radical (unpaired) electrons. The third-order valence-corrected chi connectivity index (χ3v) is 3.55. The molecule has 3 rings (SSSR count). The minimum Gasteiger partial charge on any atom is -0.375 e. The summed E-state index contributed by atoms with van der Waals surface area (Å²) in [6, 6.07) is 0.855. The van der Waals surface area contributed by atoms with Crippen molar-refractivity contribution in [2.45, 2.75) is 18.7 Å². The molecule has 0 amide bonds. The van der Waals surface area contributed by atoms with Gasteiger partial charge in [0.1, 0.15) is 5.82 Å². The molecule has 114 valence electrons. The van der Waals surface area contributed by atoms with Crippen molar-refractivity contribution in [1.82, 2.24) is 19.9 Å². The van der Waals surface area contributed by atoms with E-state index in [0.29, 0.717) is 25.4 Å². The van der Waals surface area contributed by atoms with E-state index in [2.05, 4.69) is 15.5 Å². The summed E-state index contributed by atoms with van der Waals surface area (Å²) in [4.78, 5) is 0. The molecule has 1 aliphatic rings. The second kappa shape index (κ2) is 5.43. The molecule has 5 nitrogen and oxygen atoms in total. The fourth-order valence-corrected chi connectivity index (χ4v) is 2.49. The zero-order chi connectivity index (χ0) is 15.0. The van der Waals surface area contributed by atoms with Crippen molar-refractivity contribution in [3.8, 4) is 0 Å². The van der Waals surface area contributed by atoms with Crippen molar-refractivity contribution in [3.05, 3.63) is 28.7 Å². The standard InChI is InChI=1S/C12H12ClF3N4O/c13-9-3-7(12(14,15)16)6-20-10(18-19-11(9)20)4-8-5-17-1-2-21-8/h3,6,8,17H,1-2,4-5H2. The molecule has 3 heterocycles. The summed E-state index contributed by atoms with van der Waals surface area (Å²) in [5.41, 5.74) is -0.618. The van der Waals surface area contributed by atoms with E-state index in [1.807, 2.05) is 0 Å². The molecule has 1 saturated heterocycles. The maximum atomic E-state index is 12.8. The average Bonchev–Trinajstić information content (AvgIpc) is 2.83. The summed E-state index contributed by atoms with van der Waals surface area (Å²) in [6.07, 6.45) is -3.28. The smallest absolute Gasteiger partial charge is 0.375 e. The molecule has 0 saturated carbocycles. The van der Waals surface area contributed by atoms with Gasteiger partial charge in [0.25, 0.3) is 0 Å². The fraction of sp³-hybridized carbons (Fsp3) is 0.500. The highest BCUT2D eigenvalue weighted by Crippen LogP contribution is 2.32. The van der Waals surface area contributed by atoms with Gasteiger partial charge < -0.3 is 10.1 Å². The molecule has 1 fully saturated rings. The monoisotopic (exact) mass is 320 g/mol. The molecule has 2 aromatic rings. The molecule has 9 heteroatoms. The maximum Gasteiger partial charge on any atom is 0.417 e. The predicted octanol–water partition coefficient (Wildman–Crippen LogP) is 1.93. The number of nitrogens with zero attached hydrogens (tertiary/aromatic N) is 3. The van der Waals surface area contributed by atoms with Crippen molar-refractivity contribution in [2.75, 3.05) is 19.7 Å². The summed E-state index contributed by atoms with van der Waals surface area (Å²) in [5.74, 6) is 0.395. The zero-order valence-electron chi connectivity index (χ0n) is 10.8. The number of pyridine rings is 1. The highest BCUT2D eigenvalue weighted by atomic mass is 35.5. The Labute approximate surface area is 123 Å². The molecule has 0 spiro atoms. The van der Waals surface area contributed by atoms with Crippen LogP contribution in [0.5, 0.6) is 0 Å². The van der Waals surface area contributed by atoms with Crippen LogP contribution in [0.15, 0.2) is 12.3 Å². The molecule has 2 aromatic heterocycles. The first-order valence-electron chi connectivity index (χ1n) is 6.38. The zero-order valence-corrected chi connectivity index (χ0v) is 11.6. The lowest BCUT2D eigenvalue weighted by Crippen LogP contribution is -2.39. The number of morpholine rings is 1. The number of aromatic nitrogens is 3. The molecular weight excluding hydrogens is 309 g/mol. The average molecular weight is 321 g/mol. The summed E-state index contributed by atoms with van der Waals surface area (Å²) in [7, 11) is 0. The first-order valence-corrected chi connectivity index (χ1v) is 6.75. The lowest BCUT2D eigenvalue weighted by atomic mass is 10.2. The van der Waals surface area contributed by atoms with Crippen LogP contribution in [-0.4, -0.2) is 40.4 Å². The molecule has 1 atom stereocenters. The second-order valence-corrected chi connectivity index (χ2v) is 5.19. The summed E-state index contributed by atoms with van der Waals surface area (Å²) in [6.45, 7) is 1.96. The van der Waals surface area contributed by atoms with E-state index < -0.39 is 11.7 Å². The van der Waals surface area contributed by atoms with E-state index in [1.54, 1.807) is 0 Å². The Kier molecular flexibility index (Phi) is 3.76. The van der Waals surface area contributed by atoms with Crippen LogP contribution in [0.4, 0.5) is 13.2 Å². The Morgan fingerprint density at radius 1 is 1.43 bits per heavy atom. The molecule has 1 unspecified atom stereocenters. The number of hydrogen-bond acceptors (Lipinski definition) is 4. The number of nitrogens with one attached hydrogen (secondary N) is 1. The van der Waals surface area contributed by atoms with Crippen LogP contribution in [-0.2, 0) is 17.3 Å². The largest absolute Gasteiger partial charge is 0.417 e. The van der Waals surface area contributed by atoms with E-state index >= 15 is 0 Å². The van der Waals surface area contributed by atoms with Crippen molar-refractivity contribution < 1.29 is 17.9 Å². The lowest BCUT2D eigenvalue weighted by Gasteiger charge is -2.22. The van der Waals surface area contributed by atoms with Crippen LogP contribution in [0.25, 0.3) is 5.65 Å². The molecule has 0 bridgehead atoms. The van der Waals surface area contributed by atoms with Crippen LogP contribution >= 0.6 is 11.6 Å². The fourth-order valence-electron chi connectivity index (χ4n) is 2.25. The van der Waals surface area contributed by atoms with Gasteiger partial charge in [-0.25, -0.2) is 0 Å². The third-order valence-electron chi connectivity index (χ3n) is 3.27. The Bertz CT molecular complexity index is 652. The van der Waals surface area contributed by atoms with E-state index in [1.165, 1.54) is 4.40 Å². The maximum absolute atomic E-state index is 12.8. The van der Waals surface area contributed by atoms with Crippen molar-refractivity contribution in [1.29, 1.82) is 0 Å². The highest BCUT2D eigenvalue weighted by molar-refractivity contribution is 6.33. The predicted molar refractivity (Wildman–Crippen MR) is 69.3 cm³/mol. The van der Waals surface area contributed by atoms with Crippen LogP contribution in [0.2, 0.25) is 5.02 Å². The Morgan fingerprint density at radius 3 is 2.90 bits per heavy atom. The molecule has 0 aromatic carbocycles. The number of rotatable bonds is 2. The minimum absolute atomic E-state index is 0.0775. The Hall–Kier alpha value is -1.38. The molecule has 1 N–H and O–H groups in total. The van der Waals surface area contributed by atoms with Crippen molar-refractivity contribution in [2.24, 2.45) is 0 Å². The Morgan fingerprint density at radius 2 is 2.24 bits per heavy atom. The molecule has 21 heavy (non-hydrogen) atoms. The summed E-state index contributed by atoms with van der Waals surface area (Å²) in [5, 5.41) is 10.8. The first kappa shape index (κ1) is 14.6. The van der Waals surface area contributed by atoms with Crippen molar-refractivity contribution >= 4 is 17.2 Å². The van der Waals surface area contributed by atoms with Gasteiger partial charge >= 0.3 is 6.18 Å². The SMILES string of the molecule is FC(F)(F)c1cc(Cl)c2nnc(CC3CNCCO3)n2c1. The minimum atomic E-state index is -4.47. The normalized spacial score (nSPS) is 20.1. The van der Waals surface area contributed by atoms with Crippen LogP contribution in [0, 0.1) is 0 Å². The summed E-state index contributed by atoms with van der Waals surface area (Å²) >= 11 is 5.86. The van der Waals surface area contributed by atoms with E-state index in [9.17, 15) is 13.2 Å². The quantitative estimate of drug-likeness (QED) is 0.918. The number of alkyl halides is 3. The lowest BCUT2D eigenvalue weighted by molar-refractivity contribution is -0.137. The van der Waals surface area contributed by atoms with Gasteiger partial charge in [0.05, 0.1) is 23.3 Å². The molecule has 0 aliphatic carbocycles. The van der Waals surface area contributed by atoms with Gasteiger partial charge in [0, 0.05) is 25.7 Å². The van der Waals surface area contributed by atoms with Crippen LogP contribution in [0.3, 0.4) is 0 Å². The van der Waals surface area contributed by atoms with Gasteiger partial charge in [-0.05, 0) is 6.07 Å². The first-order chi connectivity index (χ1) is 9.95. The Balaban J connectivity index is 1.97. The number of hydrogen-bond donors (Lipinski definition) is 1. The third kappa shape index (κ3) is 2.97. The molecule has 1 aliphatic heterocycles. The topological polar surface area (TPSA) is 51.5 Å². The van der Waals surface area contributed by atoms with E-state index in [0.717, 1.165) is 18.8 Å². The van der Waals surface area contributed by atoms with Gasteiger partial charge in [0.2, 0.25) is 0 Å². The van der Waals surface area contributed by atoms with Crippen molar-refractivity contribution in [3.63, 3.8) is 0 Å². The molecular formula is C12H12ClF3N4O. The van der Waals surface area contributed by atoms with Gasteiger partial charge in [-0.1, -0.05) is 11.6 Å². The highest BCUT2D eigenvalue weighted by Gasteiger charge is 2.32. The van der Waals surface area contributed by atoms with Gasteiger partial charge in [-0.2, -0.15) is 13.2 Å². The van der Waals surface area contributed by atoms with E-state index in [4.69, 9.17) is 16.3 Å². The second-order valence-electron chi connectivity index (χ2n) is 4.79. The van der Waals surface area contributed by atoms with Crippen LogP contribution in [0.1, 0.15) is 11.4 Å². The van der Waals surface area contributed by atoms with E-state index in [-0.39, 0.29) is 16.8 Å². The number of halogens is 4.